The van der Waals surface area contributed by atoms with Crippen molar-refractivity contribution in [3.63, 3.8) is 0 Å². The molecule has 1 aliphatic carbocycles. The lowest BCUT2D eigenvalue weighted by Crippen LogP contribution is -2.37. The number of nitrogens with one attached hydrogen (secondary N) is 2. The van der Waals surface area contributed by atoms with Crippen molar-refractivity contribution < 1.29 is 14.3 Å². The van der Waals surface area contributed by atoms with Crippen LogP contribution in [0.2, 0.25) is 0 Å². The van der Waals surface area contributed by atoms with Crippen LogP contribution in [0, 0.1) is 12.8 Å². The van der Waals surface area contributed by atoms with Crippen LogP contribution in [0.3, 0.4) is 0 Å². The minimum absolute atomic E-state index is 0.0838. The summed E-state index contributed by atoms with van der Waals surface area (Å²) in [5, 5.41) is 6.28. The van der Waals surface area contributed by atoms with Gasteiger partial charge in [-0.05, 0) is 56.0 Å². The van der Waals surface area contributed by atoms with Crippen molar-refractivity contribution in [3.8, 4) is 5.75 Å². The Balaban J connectivity index is 1.81. The third-order valence-electron chi connectivity index (χ3n) is 5.83. The van der Waals surface area contributed by atoms with E-state index < -0.39 is 5.92 Å². The number of Topliss-reactive ketones (excluding diaryl/α,β-unsaturated/α-hetero) is 1. The maximum atomic E-state index is 13.5. The van der Waals surface area contributed by atoms with Crippen molar-refractivity contribution in [1.29, 1.82) is 0 Å². The second kappa shape index (κ2) is 8.38. The summed E-state index contributed by atoms with van der Waals surface area (Å²) in [4.78, 5) is 31.0. The number of aromatic nitrogens is 1. The molecule has 2 atom stereocenters. The van der Waals surface area contributed by atoms with E-state index in [9.17, 15) is 9.59 Å². The highest BCUT2D eigenvalue weighted by molar-refractivity contribution is 6.09. The van der Waals surface area contributed by atoms with Crippen molar-refractivity contribution in [2.24, 2.45) is 5.92 Å². The minimum Gasteiger partial charge on any atom is -0.497 e. The molecule has 0 bridgehead atoms. The van der Waals surface area contributed by atoms with Gasteiger partial charge in [0.25, 0.3) is 5.91 Å². The minimum atomic E-state index is -0.462. The summed E-state index contributed by atoms with van der Waals surface area (Å²) in [5.74, 6) is 0.792. The van der Waals surface area contributed by atoms with Crippen molar-refractivity contribution in [1.82, 2.24) is 10.3 Å². The number of hydrogen-bond acceptors (Lipinski definition) is 5. The molecule has 1 amide bonds. The average molecular weight is 418 g/mol. The fraction of sp³-hybridized carbons (Fsp3) is 0.320. The first-order chi connectivity index (χ1) is 14.9. The highest BCUT2D eigenvalue weighted by Crippen LogP contribution is 2.44. The van der Waals surface area contributed by atoms with Crippen molar-refractivity contribution >= 4 is 17.5 Å². The third-order valence-corrected chi connectivity index (χ3v) is 5.83. The average Bonchev–Trinajstić information content (AvgIpc) is 2.72. The molecular weight excluding hydrogens is 390 g/mol. The molecule has 31 heavy (non-hydrogen) atoms. The van der Waals surface area contributed by atoms with Crippen LogP contribution in [0.1, 0.15) is 43.9 Å². The molecule has 160 valence electrons. The Morgan fingerprint density at radius 2 is 1.94 bits per heavy atom. The quantitative estimate of drug-likeness (QED) is 0.777. The molecule has 1 aromatic heterocycles. The number of anilines is 1. The highest BCUT2D eigenvalue weighted by atomic mass is 16.5. The molecule has 2 N–H and O–H groups in total. The fourth-order valence-electron chi connectivity index (χ4n) is 4.49. The second-order valence-corrected chi connectivity index (χ2v) is 8.32. The van der Waals surface area contributed by atoms with Gasteiger partial charge in [0.15, 0.2) is 5.78 Å². The van der Waals surface area contributed by atoms with Gasteiger partial charge in [0.05, 0.1) is 7.11 Å². The predicted octanol–water partition coefficient (Wildman–Crippen LogP) is 4.25. The van der Waals surface area contributed by atoms with E-state index in [0.717, 1.165) is 29.1 Å². The van der Waals surface area contributed by atoms with Crippen LogP contribution in [-0.4, -0.2) is 23.8 Å². The molecule has 1 aliphatic heterocycles. The van der Waals surface area contributed by atoms with E-state index in [4.69, 9.17) is 4.74 Å². The van der Waals surface area contributed by atoms with Gasteiger partial charge in [0.1, 0.15) is 11.6 Å². The molecule has 0 unspecified atom stereocenters. The fourth-order valence-corrected chi connectivity index (χ4v) is 4.49. The number of nitrogens with zero attached hydrogens (tertiary/aromatic N) is 1. The first-order valence-corrected chi connectivity index (χ1v) is 10.5. The molecule has 0 fully saturated rings. The van der Waals surface area contributed by atoms with Crippen LogP contribution >= 0.6 is 0 Å². The van der Waals surface area contributed by atoms with Crippen LogP contribution in [0.5, 0.6) is 5.75 Å². The van der Waals surface area contributed by atoms with Gasteiger partial charge in [-0.15, -0.1) is 0 Å². The van der Waals surface area contributed by atoms with Gasteiger partial charge in [0.2, 0.25) is 0 Å². The van der Waals surface area contributed by atoms with E-state index in [-0.39, 0.29) is 17.6 Å². The Labute approximate surface area is 182 Å². The Morgan fingerprint density at radius 3 is 2.68 bits per heavy atom. The van der Waals surface area contributed by atoms with E-state index in [1.807, 2.05) is 50.2 Å². The summed E-state index contributed by atoms with van der Waals surface area (Å²) in [6.45, 7) is 5.84. The maximum absolute atomic E-state index is 13.5. The predicted molar refractivity (Wildman–Crippen MR) is 120 cm³/mol. The molecule has 2 aromatic rings. The van der Waals surface area contributed by atoms with Crippen LogP contribution in [0.25, 0.3) is 0 Å². The largest absolute Gasteiger partial charge is 0.497 e. The van der Waals surface area contributed by atoms with Gasteiger partial charge in [0, 0.05) is 40.6 Å². The highest BCUT2D eigenvalue weighted by Gasteiger charge is 2.40. The van der Waals surface area contributed by atoms with Gasteiger partial charge >= 0.3 is 0 Å². The molecule has 2 heterocycles. The van der Waals surface area contributed by atoms with Gasteiger partial charge in [-0.25, -0.2) is 4.98 Å². The normalized spacial score (nSPS) is 20.8. The molecule has 1 aromatic carbocycles. The van der Waals surface area contributed by atoms with Gasteiger partial charge < -0.3 is 15.4 Å². The number of methoxy groups -OCH3 is 1. The lowest BCUT2D eigenvalue weighted by molar-refractivity contribution is -0.117. The molecular formula is C25H27N3O3. The zero-order valence-corrected chi connectivity index (χ0v) is 18.3. The second-order valence-electron chi connectivity index (χ2n) is 8.32. The number of pyridine rings is 1. The monoisotopic (exact) mass is 417 g/mol. The smallest absolute Gasteiger partial charge is 0.255 e. The van der Waals surface area contributed by atoms with E-state index in [1.54, 1.807) is 13.2 Å². The first kappa shape index (κ1) is 20.8. The Hall–Kier alpha value is -3.41. The first-order valence-electron chi connectivity index (χ1n) is 10.5. The van der Waals surface area contributed by atoms with E-state index in [2.05, 4.69) is 22.5 Å². The topological polar surface area (TPSA) is 80.3 Å². The van der Waals surface area contributed by atoms with Crippen molar-refractivity contribution in [2.75, 3.05) is 12.4 Å². The molecule has 6 heteroatoms. The Morgan fingerprint density at radius 1 is 1.16 bits per heavy atom. The number of ether oxygens (including phenoxy) is 1. The number of rotatable bonds is 4. The summed E-state index contributed by atoms with van der Waals surface area (Å²) in [6, 6.07) is 13.1. The van der Waals surface area contributed by atoms with E-state index >= 15 is 0 Å². The number of ketones is 1. The van der Waals surface area contributed by atoms with Crippen LogP contribution < -0.4 is 15.4 Å². The standard InChI is InChI=1S/C25H27N3O3/c1-14-11-19-24(20(29)12-14)23(17-8-6-9-18(13-17)31-4)22(16(3)27-19)25(30)28-21-10-5-7-15(2)26-21/h5-10,13-14,23,27H,11-12H2,1-4H3,(H,26,28,30)/t14-,23+/m0/s1. The molecule has 0 saturated carbocycles. The number of benzene rings is 1. The molecule has 2 aliphatic rings. The summed E-state index contributed by atoms with van der Waals surface area (Å²) < 4.78 is 5.41. The van der Waals surface area contributed by atoms with Crippen molar-refractivity contribution in [2.45, 2.75) is 39.5 Å². The molecule has 6 nitrogen and oxygen atoms in total. The summed E-state index contributed by atoms with van der Waals surface area (Å²) in [5.41, 5.74) is 4.55. The molecule has 0 spiro atoms. The zero-order valence-electron chi connectivity index (χ0n) is 18.3. The molecule has 4 rings (SSSR count). The number of carbonyl (C=O) groups is 2. The lowest BCUT2D eigenvalue weighted by Gasteiger charge is -2.36. The Bertz CT molecular complexity index is 1120. The summed E-state index contributed by atoms with van der Waals surface area (Å²) in [7, 11) is 1.61. The number of allylic oxidation sites excluding steroid dienone is 3. The lowest BCUT2D eigenvalue weighted by atomic mass is 9.73. The van der Waals surface area contributed by atoms with Crippen LogP contribution in [0.15, 0.2) is 65.0 Å². The zero-order chi connectivity index (χ0) is 22.1. The van der Waals surface area contributed by atoms with Gasteiger partial charge in [-0.1, -0.05) is 25.1 Å². The Kier molecular flexibility index (Phi) is 5.63. The number of hydrogen-bond donors (Lipinski definition) is 2. The summed E-state index contributed by atoms with van der Waals surface area (Å²) >= 11 is 0. The van der Waals surface area contributed by atoms with Crippen LogP contribution in [0.4, 0.5) is 5.82 Å². The van der Waals surface area contributed by atoms with Crippen molar-refractivity contribution in [3.05, 3.63) is 76.3 Å². The van der Waals surface area contributed by atoms with Gasteiger partial charge in [-0.2, -0.15) is 0 Å². The number of aryl methyl sites for hydroxylation is 1. The van der Waals surface area contributed by atoms with Gasteiger partial charge in [-0.3, -0.25) is 9.59 Å². The van der Waals surface area contributed by atoms with Crippen LogP contribution in [-0.2, 0) is 9.59 Å². The summed E-state index contributed by atoms with van der Waals surface area (Å²) in [6.07, 6.45) is 1.27. The number of dihydropyridines is 1. The SMILES string of the molecule is COc1cccc([C@@H]2C(C(=O)Nc3cccc(C)n3)=C(C)NC3=C2C(=O)C[C@@H](C)C3)c1. The third kappa shape index (κ3) is 4.10. The number of carbonyl (C=O) groups excluding carboxylic acids is 2. The maximum Gasteiger partial charge on any atom is 0.255 e. The number of amides is 1. The van der Waals surface area contributed by atoms with E-state index in [0.29, 0.717) is 29.1 Å². The molecule has 0 radical (unpaired) electrons. The van der Waals surface area contributed by atoms with E-state index in [1.165, 1.54) is 0 Å². The molecule has 0 saturated heterocycles.